The highest BCUT2D eigenvalue weighted by atomic mass is 32.2. The molecule has 0 saturated carbocycles. The number of nitrogens with zero attached hydrogens (tertiary/aromatic N) is 1. The molecule has 3 heterocycles. The molecule has 3 aliphatic rings. The smallest absolute Gasteiger partial charge is 0.321 e. The fraction of sp³-hybridized carbons (Fsp3) is 0.391. The van der Waals surface area contributed by atoms with Gasteiger partial charge >= 0.3 is 6.03 Å². The highest BCUT2D eigenvalue weighted by Gasteiger charge is 2.44. The summed E-state index contributed by atoms with van der Waals surface area (Å²) in [5, 5.41) is 9.12. The summed E-state index contributed by atoms with van der Waals surface area (Å²) in [5.74, 6) is 1.59. The lowest BCUT2D eigenvalue weighted by Gasteiger charge is -2.39. The Morgan fingerprint density at radius 2 is 1.94 bits per heavy atom. The summed E-state index contributed by atoms with van der Waals surface area (Å²) in [5.41, 5.74) is 1.12. The van der Waals surface area contributed by atoms with Crippen LogP contribution in [0.4, 0.5) is 14.9 Å². The van der Waals surface area contributed by atoms with E-state index in [0.717, 1.165) is 11.3 Å². The topological polar surface area (TPSA) is 91.9 Å². The number of likely N-dealkylation sites (tertiary alicyclic amines) is 1. The van der Waals surface area contributed by atoms with Crippen molar-refractivity contribution in [3.8, 4) is 11.5 Å². The first-order valence-electron chi connectivity index (χ1n) is 10.9. The molecule has 0 aromatic heterocycles. The number of halogens is 1. The molecule has 33 heavy (non-hydrogen) atoms. The molecular formula is C23H25FN4O4S. The molecule has 2 aromatic carbocycles. The number of hydrogen-bond acceptors (Lipinski definition) is 6. The first kappa shape index (κ1) is 21.8. The highest BCUT2D eigenvalue weighted by Crippen LogP contribution is 2.39. The van der Waals surface area contributed by atoms with Crippen LogP contribution in [-0.4, -0.2) is 53.4 Å². The summed E-state index contributed by atoms with van der Waals surface area (Å²) in [6, 6.07) is 11.2. The Morgan fingerprint density at radius 1 is 1.15 bits per heavy atom. The number of amides is 3. The Balaban J connectivity index is 1.10. The minimum absolute atomic E-state index is 0.0447. The van der Waals surface area contributed by atoms with Crippen molar-refractivity contribution in [1.29, 1.82) is 0 Å². The van der Waals surface area contributed by atoms with Crippen LogP contribution in [0.2, 0.25) is 0 Å². The van der Waals surface area contributed by atoms with Crippen molar-refractivity contribution in [2.75, 3.05) is 31.0 Å². The van der Waals surface area contributed by atoms with Crippen LogP contribution in [-0.2, 0) is 11.3 Å². The fourth-order valence-electron chi connectivity index (χ4n) is 4.26. The Labute approximate surface area is 195 Å². The van der Waals surface area contributed by atoms with E-state index in [0.29, 0.717) is 44.0 Å². The molecule has 5 rings (SSSR count). The Kier molecular flexibility index (Phi) is 6.03. The molecule has 0 radical (unpaired) electrons. The molecule has 1 atom stereocenters. The van der Waals surface area contributed by atoms with Gasteiger partial charge in [0.05, 0.1) is 16.6 Å². The second-order valence-electron chi connectivity index (χ2n) is 8.30. The van der Waals surface area contributed by atoms with Crippen LogP contribution < -0.4 is 25.4 Å². The quantitative estimate of drug-likeness (QED) is 0.634. The molecule has 1 spiro atoms. The standard InChI is InChI=1S/C23H25FN4O4S/c24-16-3-1-2-4-17(16)26-22(30)28-9-7-23(8-10-28)27-18(13-33-23)21(29)25-12-15-5-6-19-20(11-15)32-14-31-19/h1-6,11,18,27H,7-10,12-14H2,(H,25,29)(H,26,30). The van der Waals surface area contributed by atoms with Gasteiger partial charge in [-0.05, 0) is 42.7 Å². The van der Waals surface area contributed by atoms with Gasteiger partial charge in [-0.1, -0.05) is 18.2 Å². The van der Waals surface area contributed by atoms with Gasteiger partial charge in [-0.3, -0.25) is 10.1 Å². The minimum Gasteiger partial charge on any atom is -0.454 e. The largest absolute Gasteiger partial charge is 0.454 e. The second kappa shape index (κ2) is 9.11. The third kappa shape index (κ3) is 4.72. The third-order valence-electron chi connectivity index (χ3n) is 6.16. The summed E-state index contributed by atoms with van der Waals surface area (Å²) >= 11 is 1.73. The molecule has 2 aromatic rings. The van der Waals surface area contributed by atoms with E-state index in [1.54, 1.807) is 34.9 Å². The van der Waals surface area contributed by atoms with Crippen LogP contribution in [0.5, 0.6) is 11.5 Å². The predicted octanol–water partition coefficient (Wildman–Crippen LogP) is 2.90. The summed E-state index contributed by atoms with van der Waals surface area (Å²) in [4.78, 5) is 26.7. The number of anilines is 1. The number of urea groups is 1. The van der Waals surface area contributed by atoms with Crippen molar-refractivity contribution < 1.29 is 23.5 Å². The molecule has 8 nitrogen and oxygen atoms in total. The van der Waals surface area contributed by atoms with Gasteiger partial charge in [-0.15, -0.1) is 11.8 Å². The number of carbonyl (C=O) groups excluding carboxylic acids is 2. The molecule has 2 saturated heterocycles. The van der Waals surface area contributed by atoms with Crippen molar-refractivity contribution >= 4 is 29.4 Å². The van der Waals surface area contributed by atoms with E-state index < -0.39 is 5.82 Å². The SMILES string of the molecule is O=C(NCc1ccc2c(c1)OCO2)C1CSC2(CCN(C(=O)Nc3ccccc3F)CC2)N1. The average Bonchev–Trinajstić information content (AvgIpc) is 3.46. The Morgan fingerprint density at radius 3 is 2.76 bits per heavy atom. The van der Waals surface area contributed by atoms with E-state index in [1.807, 2.05) is 18.2 Å². The third-order valence-corrected chi connectivity index (χ3v) is 7.74. The summed E-state index contributed by atoms with van der Waals surface area (Å²) < 4.78 is 24.5. The number of carbonyl (C=O) groups is 2. The Bertz CT molecular complexity index is 1060. The molecule has 3 amide bonds. The zero-order valence-electron chi connectivity index (χ0n) is 17.9. The van der Waals surface area contributed by atoms with Crippen molar-refractivity contribution in [1.82, 2.24) is 15.5 Å². The number of thioether (sulfide) groups is 1. The second-order valence-corrected chi connectivity index (χ2v) is 9.71. The number of para-hydroxylation sites is 1. The maximum Gasteiger partial charge on any atom is 0.321 e. The van der Waals surface area contributed by atoms with Crippen LogP contribution in [0.3, 0.4) is 0 Å². The lowest BCUT2D eigenvalue weighted by atomic mass is 10.0. The summed E-state index contributed by atoms with van der Waals surface area (Å²) in [6.07, 6.45) is 1.43. The molecular weight excluding hydrogens is 447 g/mol. The van der Waals surface area contributed by atoms with Crippen molar-refractivity contribution in [3.05, 3.63) is 53.8 Å². The Hall–Kier alpha value is -2.98. The van der Waals surface area contributed by atoms with Crippen LogP contribution in [0.1, 0.15) is 18.4 Å². The van der Waals surface area contributed by atoms with Gasteiger partial charge in [-0.25, -0.2) is 9.18 Å². The number of hydrogen-bond donors (Lipinski definition) is 3. The summed E-state index contributed by atoms with van der Waals surface area (Å²) in [6.45, 7) is 1.70. The highest BCUT2D eigenvalue weighted by molar-refractivity contribution is 8.01. The van der Waals surface area contributed by atoms with Gasteiger partial charge in [0.2, 0.25) is 12.7 Å². The van der Waals surface area contributed by atoms with Gasteiger partial charge < -0.3 is 25.0 Å². The van der Waals surface area contributed by atoms with Gasteiger partial charge in [-0.2, -0.15) is 0 Å². The van der Waals surface area contributed by atoms with E-state index in [1.165, 1.54) is 6.07 Å². The van der Waals surface area contributed by atoms with E-state index in [2.05, 4.69) is 16.0 Å². The molecule has 174 valence electrons. The molecule has 0 aliphatic carbocycles. The molecule has 0 bridgehead atoms. The van der Waals surface area contributed by atoms with Gasteiger partial charge in [0, 0.05) is 25.4 Å². The number of nitrogens with one attached hydrogen (secondary N) is 3. The number of piperidine rings is 1. The molecule has 3 N–H and O–H groups in total. The first-order valence-corrected chi connectivity index (χ1v) is 11.9. The van der Waals surface area contributed by atoms with Gasteiger partial charge in [0.25, 0.3) is 0 Å². The molecule has 1 unspecified atom stereocenters. The monoisotopic (exact) mass is 472 g/mol. The van der Waals surface area contributed by atoms with E-state index in [-0.39, 0.29) is 35.3 Å². The zero-order chi connectivity index (χ0) is 22.8. The fourth-order valence-corrected chi connectivity index (χ4v) is 5.68. The molecule has 10 heteroatoms. The zero-order valence-corrected chi connectivity index (χ0v) is 18.8. The maximum absolute atomic E-state index is 13.8. The van der Waals surface area contributed by atoms with Crippen LogP contribution in [0.15, 0.2) is 42.5 Å². The maximum atomic E-state index is 13.8. The summed E-state index contributed by atoms with van der Waals surface area (Å²) in [7, 11) is 0. The van der Waals surface area contributed by atoms with Crippen LogP contribution in [0.25, 0.3) is 0 Å². The lowest BCUT2D eigenvalue weighted by Crippen LogP contribution is -2.54. The van der Waals surface area contributed by atoms with E-state index in [4.69, 9.17) is 9.47 Å². The number of ether oxygens (including phenoxy) is 2. The van der Waals surface area contributed by atoms with Crippen molar-refractivity contribution in [3.63, 3.8) is 0 Å². The van der Waals surface area contributed by atoms with Crippen molar-refractivity contribution in [2.24, 2.45) is 0 Å². The van der Waals surface area contributed by atoms with E-state index >= 15 is 0 Å². The minimum atomic E-state index is -0.457. The molecule has 3 aliphatic heterocycles. The van der Waals surface area contributed by atoms with E-state index in [9.17, 15) is 14.0 Å². The molecule has 2 fully saturated rings. The average molecular weight is 473 g/mol. The number of fused-ring (bicyclic) bond motifs is 1. The first-order chi connectivity index (χ1) is 16.0. The normalized spacial score (nSPS) is 20.6. The van der Waals surface area contributed by atoms with Gasteiger partial charge in [0.1, 0.15) is 5.82 Å². The van der Waals surface area contributed by atoms with Crippen LogP contribution >= 0.6 is 11.8 Å². The van der Waals surface area contributed by atoms with Crippen molar-refractivity contribution in [2.45, 2.75) is 30.3 Å². The number of rotatable bonds is 4. The van der Waals surface area contributed by atoms with Crippen LogP contribution in [0, 0.1) is 5.82 Å². The predicted molar refractivity (Wildman–Crippen MR) is 123 cm³/mol. The number of benzene rings is 2. The lowest BCUT2D eigenvalue weighted by molar-refractivity contribution is -0.122. The van der Waals surface area contributed by atoms with Gasteiger partial charge in [0.15, 0.2) is 11.5 Å².